The summed E-state index contributed by atoms with van der Waals surface area (Å²) in [6.45, 7) is 3.14. The first-order valence-electron chi connectivity index (χ1n) is 6.21. The molecule has 1 heterocycles. The van der Waals surface area contributed by atoms with Crippen molar-refractivity contribution in [3.63, 3.8) is 0 Å². The molecule has 0 aromatic heterocycles. The summed E-state index contributed by atoms with van der Waals surface area (Å²) in [4.78, 5) is 22.3. The van der Waals surface area contributed by atoms with Gasteiger partial charge in [-0.15, -0.1) is 0 Å². The van der Waals surface area contributed by atoms with Gasteiger partial charge >= 0.3 is 5.97 Å². The van der Waals surface area contributed by atoms with Gasteiger partial charge in [0.05, 0.1) is 19.6 Å². The molecule has 1 aromatic rings. The van der Waals surface area contributed by atoms with Crippen molar-refractivity contribution in [2.75, 3.05) is 13.2 Å². The maximum absolute atomic E-state index is 11.8. The van der Waals surface area contributed by atoms with Crippen molar-refractivity contribution in [2.45, 2.75) is 19.8 Å². The second-order valence-electron chi connectivity index (χ2n) is 4.71. The van der Waals surface area contributed by atoms with E-state index < -0.39 is 5.97 Å². The fourth-order valence-corrected chi connectivity index (χ4v) is 1.79. The fourth-order valence-electron chi connectivity index (χ4n) is 1.79. The fraction of sp³-hybridized carbons (Fsp3) is 0.429. The van der Waals surface area contributed by atoms with Gasteiger partial charge in [-0.1, -0.05) is 6.92 Å². The van der Waals surface area contributed by atoms with Crippen LogP contribution in [0.2, 0.25) is 0 Å². The Balaban J connectivity index is 2.12. The van der Waals surface area contributed by atoms with Crippen LogP contribution in [0.25, 0.3) is 0 Å². The third kappa shape index (κ3) is 3.47. The number of Topliss-reactive ketones (excluding diaryl/α,β-unsaturated/α-hetero) is 1. The largest absolute Gasteiger partial charge is 0.489 e. The number of carbonyl (C=O) groups is 2. The highest BCUT2D eigenvalue weighted by Gasteiger charge is 2.17. The highest BCUT2D eigenvalue weighted by Crippen LogP contribution is 2.31. The highest BCUT2D eigenvalue weighted by atomic mass is 16.5. The van der Waals surface area contributed by atoms with Crippen molar-refractivity contribution in [1.29, 1.82) is 0 Å². The summed E-state index contributed by atoms with van der Waals surface area (Å²) in [5.41, 5.74) is 0.457. The van der Waals surface area contributed by atoms with Gasteiger partial charge in [-0.25, -0.2) is 0 Å². The zero-order valence-electron chi connectivity index (χ0n) is 10.7. The molecule has 1 N–H and O–H groups in total. The van der Waals surface area contributed by atoms with E-state index >= 15 is 0 Å². The average molecular weight is 264 g/mol. The van der Waals surface area contributed by atoms with E-state index in [1.165, 1.54) is 0 Å². The van der Waals surface area contributed by atoms with Crippen LogP contribution in [0, 0.1) is 5.92 Å². The van der Waals surface area contributed by atoms with Crippen LogP contribution in [0.1, 0.15) is 30.1 Å². The second-order valence-corrected chi connectivity index (χ2v) is 4.71. The van der Waals surface area contributed by atoms with Crippen LogP contribution in [0.5, 0.6) is 11.5 Å². The van der Waals surface area contributed by atoms with Gasteiger partial charge in [0.15, 0.2) is 17.3 Å². The lowest BCUT2D eigenvalue weighted by molar-refractivity contribution is -0.136. The Morgan fingerprint density at radius 2 is 1.89 bits per heavy atom. The molecule has 0 bridgehead atoms. The molecule has 0 saturated carbocycles. The average Bonchev–Trinajstić information content (AvgIpc) is 2.58. The van der Waals surface area contributed by atoms with E-state index in [0.717, 1.165) is 0 Å². The molecule has 5 heteroatoms. The minimum absolute atomic E-state index is 0.00855. The number of fused-ring (bicyclic) bond motifs is 1. The lowest BCUT2D eigenvalue weighted by Crippen LogP contribution is -2.12. The number of aliphatic carboxylic acids is 1. The second kappa shape index (κ2) is 5.73. The Bertz CT molecular complexity index is 495. The quantitative estimate of drug-likeness (QED) is 0.843. The van der Waals surface area contributed by atoms with E-state index in [2.05, 4.69) is 0 Å². The van der Waals surface area contributed by atoms with E-state index in [9.17, 15) is 9.59 Å². The summed E-state index contributed by atoms with van der Waals surface area (Å²) >= 11 is 0. The smallest absolute Gasteiger partial charge is 0.303 e. The van der Waals surface area contributed by atoms with Crippen molar-refractivity contribution in [2.24, 2.45) is 5.92 Å². The third-order valence-corrected chi connectivity index (χ3v) is 2.88. The Kier molecular flexibility index (Phi) is 4.04. The Morgan fingerprint density at radius 3 is 2.58 bits per heavy atom. The summed E-state index contributed by atoms with van der Waals surface area (Å²) in [5, 5.41) is 8.57. The number of carboxylic acid groups (broad SMARTS) is 1. The molecule has 0 saturated heterocycles. The van der Waals surface area contributed by atoms with Gasteiger partial charge in [0.1, 0.15) is 0 Å². The molecule has 0 spiro atoms. The summed E-state index contributed by atoms with van der Waals surface area (Å²) < 4.78 is 11.1. The zero-order chi connectivity index (χ0) is 13.8. The molecule has 102 valence electrons. The molecule has 1 atom stereocenters. The standard InChI is InChI=1S/C14H16O5/c1-9-7-18-12-4-2-10(6-13(12)19-8-9)11(15)3-5-14(16)17/h2,4,6,9H,3,5,7-8H2,1H3,(H,16,17). The Morgan fingerprint density at radius 1 is 1.21 bits per heavy atom. The molecule has 1 aliphatic rings. The zero-order valence-corrected chi connectivity index (χ0v) is 10.7. The molecular weight excluding hydrogens is 248 g/mol. The molecule has 2 rings (SSSR count). The molecule has 19 heavy (non-hydrogen) atoms. The van der Waals surface area contributed by atoms with E-state index in [1.807, 2.05) is 6.92 Å². The molecule has 1 unspecified atom stereocenters. The van der Waals surface area contributed by atoms with Crippen LogP contribution >= 0.6 is 0 Å². The number of rotatable bonds is 4. The Hall–Kier alpha value is -2.04. The molecule has 1 aliphatic heterocycles. The van der Waals surface area contributed by atoms with Crippen LogP contribution in [0.4, 0.5) is 0 Å². The normalized spacial score (nSPS) is 17.6. The van der Waals surface area contributed by atoms with Crippen molar-refractivity contribution >= 4 is 11.8 Å². The van der Waals surface area contributed by atoms with Gasteiger partial charge in [0.2, 0.25) is 0 Å². The van der Waals surface area contributed by atoms with E-state index in [4.69, 9.17) is 14.6 Å². The van der Waals surface area contributed by atoms with Crippen molar-refractivity contribution in [3.8, 4) is 11.5 Å². The summed E-state index contributed by atoms with van der Waals surface area (Å²) in [6.07, 6.45) is -0.171. The predicted molar refractivity (Wildman–Crippen MR) is 67.8 cm³/mol. The number of hydrogen-bond donors (Lipinski definition) is 1. The van der Waals surface area contributed by atoms with Crippen molar-refractivity contribution in [3.05, 3.63) is 23.8 Å². The molecule has 5 nitrogen and oxygen atoms in total. The maximum atomic E-state index is 11.8. The number of ether oxygens (including phenoxy) is 2. The SMILES string of the molecule is CC1COc2ccc(C(=O)CCC(=O)O)cc2OC1. The van der Waals surface area contributed by atoms with Crippen LogP contribution in [-0.4, -0.2) is 30.1 Å². The summed E-state index contributed by atoms with van der Waals surface area (Å²) in [7, 11) is 0. The van der Waals surface area contributed by atoms with E-state index in [0.29, 0.717) is 36.2 Å². The number of carbonyl (C=O) groups excluding carboxylic acids is 1. The van der Waals surface area contributed by atoms with Gasteiger partial charge in [-0.05, 0) is 18.2 Å². The van der Waals surface area contributed by atoms with Gasteiger partial charge in [0.25, 0.3) is 0 Å². The molecule has 0 fully saturated rings. The van der Waals surface area contributed by atoms with E-state index in [-0.39, 0.29) is 18.6 Å². The Labute approximate surface area is 111 Å². The minimum atomic E-state index is -0.975. The molecular formula is C14H16O5. The van der Waals surface area contributed by atoms with Crippen molar-refractivity contribution in [1.82, 2.24) is 0 Å². The monoisotopic (exact) mass is 264 g/mol. The molecule has 0 amide bonds. The van der Waals surface area contributed by atoms with E-state index in [1.54, 1.807) is 18.2 Å². The first-order valence-corrected chi connectivity index (χ1v) is 6.21. The topological polar surface area (TPSA) is 72.8 Å². The molecule has 0 aliphatic carbocycles. The summed E-state index contributed by atoms with van der Waals surface area (Å²) in [6, 6.07) is 4.96. The number of hydrogen-bond acceptors (Lipinski definition) is 4. The van der Waals surface area contributed by atoms with Crippen LogP contribution < -0.4 is 9.47 Å². The van der Waals surface area contributed by atoms with Crippen LogP contribution in [0.15, 0.2) is 18.2 Å². The lowest BCUT2D eigenvalue weighted by Gasteiger charge is -2.08. The van der Waals surface area contributed by atoms with Gasteiger partial charge in [-0.3, -0.25) is 9.59 Å². The number of ketones is 1. The van der Waals surface area contributed by atoms with Gasteiger partial charge in [0, 0.05) is 17.9 Å². The lowest BCUT2D eigenvalue weighted by atomic mass is 10.1. The number of carboxylic acids is 1. The molecule has 1 aromatic carbocycles. The minimum Gasteiger partial charge on any atom is -0.489 e. The maximum Gasteiger partial charge on any atom is 0.303 e. The van der Waals surface area contributed by atoms with Gasteiger partial charge in [-0.2, -0.15) is 0 Å². The highest BCUT2D eigenvalue weighted by molar-refractivity contribution is 5.98. The third-order valence-electron chi connectivity index (χ3n) is 2.88. The number of benzene rings is 1. The first-order chi connectivity index (χ1) is 9.06. The first kappa shape index (κ1) is 13.4. The van der Waals surface area contributed by atoms with Gasteiger partial charge < -0.3 is 14.6 Å². The molecule has 0 radical (unpaired) electrons. The summed E-state index contributed by atoms with van der Waals surface area (Å²) in [5.74, 6) is 0.283. The van der Waals surface area contributed by atoms with Crippen molar-refractivity contribution < 1.29 is 24.2 Å². The van der Waals surface area contributed by atoms with Crippen LogP contribution in [0.3, 0.4) is 0 Å². The predicted octanol–water partition coefficient (Wildman–Crippen LogP) is 2.14. The van der Waals surface area contributed by atoms with Crippen LogP contribution in [-0.2, 0) is 4.79 Å².